The molecule has 86 valence electrons. The van der Waals surface area contributed by atoms with Gasteiger partial charge in [-0.15, -0.1) is 0 Å². The maximum atomic E-state index is 11.7. The van der Waals surface area contributed by atoms with Crippen molar-refractivity contribution in [3.05, 3.63) is 42.0 Å². The first-order valence-electron chi connectivity index (χ1n) is 5.05. The lowest BCUT2D eigenvalue weighted by Crippen LogP contribution is -2.12. The topological polar surface area (TPSA) is 44.8 Å². The van der Waals surface area contributed by atoms with Gasteiger partial charge in [0.25, 0.3) is 0 Å². The Balaban J connectivity index is 2.18. The molecule has 1 aliphatic heterocycles. The number of hydrogen-bond acceptors (Lipinski definition) is 4. The van der Waals surface area contributed by atoms with Crippen LogP contribution in [0, 0.1) is 0 Å². The van der Waals surface area contributed by atoms with E-state index in [1.807, 2.05) is 30.3 Å². The third-order valence-electron chi connectivity index (χ3n) is 2.55. The summed E-state index contributed by atoms with van der Waals surface area (Å²) in [6, 6.07) is 11.4. The number of benzene rings is 2. The molecule has 3 rings (SSSR count). The molecule has 0 saturated heterocycles. The van der Waals surface area contributed by atoms with Gasteiger partial charge in [-0.3, -0.25) is 4.52 Å². The van der Waals surface area contributed by atoms with E-state index in [9.17, 15) is 4.79 Å². The zero-order valence-electron chi connectivity index (χ0n) is 9.04. The molecule has 1 atom stereocenters. The maximum absolute atomic E-state index is 11.7. The molecule has 1 unspecified atom stereocenters. The molecule has 2 aromatic carbocycles. The van der Waals surface area contributed by atoms with Gasteiger partial charge in [-0.2, -0.15) is 0 Å². The number of carbonyl (C=O) groups is 1. The largest absolute Gasteiger partial charge is 0.465 e. The molecule has 17 heavy (non-hydrogen) atoms. The van der Waals surface area contributed by atoms with Gasteiger partial charge in [-0.25, -0.2) is 4.79 Å². The fraction of sp³-hybridized carbons (Fsp3) is 0.0833. The van der Waals surface area contributed by atoms with E-state index < -0.39 is 14.6 Å². The van der Waals surface area contributed by atoms with Crippen LogP contribution in [0.5, 0.6) is 5.75 Å². The molecular formula is C12H9O4P. The van der Waals surface area contributed by atoms with Crippen molar-refractivity contribution in [2.75, 3.05) is 7.11 Å². The summed E-state index contributed by atoms with van der Waals surface area (Å²) in [6.07, 6.45) is 0. The molecule has 2 aromatic rings. The highest BCUT2D eigenvalue weighted by molar-refractivity contribution is 7.43. The average molecular weight is 248 g/mol. The Kier molecular flexibility index (Phi) is 2.46. The van der Waals surface area contributed by atoms with Gasteiger partial charge in [0.1, 0.15) is 11.3 Å². The van der Waals surface area contributed by atoms with E-state index in [-0.39, 0.29) is 0 Å². The van der Waals surface area contributed by atoms with Crippen LogP contribution in [-0.2, 0) is 9.05 Å². The Morgan fingerprint density at radius 2 is 1.82 bits per heavy atom. The van der Waals surface area contributed by atoms with Crippen molar-refractivity contribution in [3.8, 4) is 5.75 Å². The predicted octanol–water partition coefficient (Wildman–Crippen LogP) is 3.26. The summed E-state index contributed by atoms with van der Waals surface area (Å²) >= 11 is 0. The quantitative estimate of drug-likeness (QED) is 0.726. The normalized spacial score (nSPS) is 18.4. The van der Waals surface area contributed by atoms with Crippen molar-refractivity contribution in [1.82, 2.24) is 0 Å². The number of hydrogen-bond donors (Lipinski definition) is 0. The maximum Gasteiger partial charge on any atom is 0.465 e. The van der Waals surface area contributed by atoms with E-state index in [0.717, 1.165) is 10.8 Å². The summed E-state index contributed by atoms with van der Waals surface area (Å²) in [5, 5.41) is 2.00. The van der Waals surface area contributed by atoms with E-state index in [1.165, 1.54) is 7.11 Å². The Bertz CT molecular complexity index is 596. The zero-order valence-corrected chi connectivity index (χ0v) is 9.94. The monoisotopic (exact) mass is 248 g/mol. The summed E-state index contributed by atoms with van der Waals surface area (Å²) in [5.74, 6) is 0.123. The Morgan fingerprint density at radius 1 is 1.12 bits per heavy atom. The summed E-state index contributed by atoms with van der Waals surface area (Å²) in [6.45, 7) is 0. The van der Waals surface area contributed by atoms with Crippen LogP contribution in [0.15, 0.2) is 36.4 Å². The lowest BCUT2D eigenvalue weighted by atomic mass is 10.1. The summed E-state index contributed by atoms with van der Waals surface area (Å²) in [7, 11) is -0.151. The van der Waals surface area contributed by atoms with Gasteiger partial charge in [0.15, 0.2) is 0 Å². The Hall–Kier alpha value is -1.64. The highest BCUT2D eigenvalue weighted by Gasteiger charge is 2.30. The third kappa shape index (κ3) is 1.75. The van der Waals surface area contributed by atoms with Crippen molar-refractivity contribution in [1.29, 1.82) is 0 Å². The van der Waals surface area contributed by atoms with Crippen molar-refractivity contribution in [2.24, 2.45) is 0 Å². The minimum Gasteiger partial charge on any atom is -0.417 e. The second kappa shape index (κ2) is 3.99. The van der Waals surface area contributed by atoms with Crippen LogP contribution in [0.3, 0.4) is 0 Å². The summed E-state index contributed by atoms with van der Waals surface area (Å²) in [4.78, 5) is 11.7. The van der Waals surface area contributed by atoms with Gasteiger partial charge in [0.2, 0.25) is 0 Å². The van der Waals surface area contributed by atoms with Crippen LogP contribution in [0.2, 0.25) is 0 Å². The molecule has 0 saturated carbocycles. The average Bonchev–Trinajstić information content (AvgIpc) is 2.36. The first-order chi connectivity index (χ1) is 8.28. The molecule has 1 heterocycles. The van der Waals surface area contributed by atoms with Gasteiger partial charge in [0.05, 0.1) is 0 Å². The molecule has 4 nitrogen and oxygen atoms in total. The molecule has 0 radical (unpaired) electrons. The minimum absolute atomic E-state index is 0.398. The van der Waals surface area contributed by atoms with Crippen molar-refractivity contribution in [3.63, 3.8) is 0 Å². The Morgan fingerprint density at radius 3 is 2.53 bits per heavy atom. The van der Waals surface area contributed by atoms with Gasteiger partial charge < -0.3 is 9.05 Å². The van der Waals surface area contributed by atoms with Crippen LogP contribution in [0.1, 0.15) is 10.4 Å². The molecule has 0 aliphatic carbocycles. The smallest absolute Gasteiger partial charge is 0.417 e. The zero-order chi connectivity index (χ0) is 11.8. The van der Waals surface area contributed by atoms with Gasteiger partial charge in [-0.05, 0) is 22.9 Å². The first-order valence-corrected chi connectivity index (χ1v) is 6.15. The number of carbonyl (C=O) groups excluding carboxylic acids is 1. The molecule has 0 bridgehead atoms. The number of fused-ring (bicyclic) bond motifs is 2. The molecular weight excluding hydrogens is 239 g/mol. The van der Waals surface area contributed by atoms with Crippen LogP contribution in [0.4, 0.5) is 0 Å². The van der Waals surface area contributed by atoms with Crippen LogP contribution in [0.25, 0.3) is 10.8 Å². The molecule has 5 heteroatoms. The van der Waals surface area contributed by atoms with Crippen molar-refractivity contribution >= 4 is 25.3 Å². The molecule has 0 spiro atoms. The second-order valence-electron chi connectivity index (χ2n) is 3.57. The van der Waals surface area contributed by atoms with E-state index in [1.54, 1.807) is 6.07 Å². The fourth-order valence-electron chi connectivity index (χ4n) is 1.74. The predicted molar refractivity (Wildman–Crippen MR) is 63.9 cm³/mol. The highest BCUT2D eigenvalue weighted by atomic mass is 31.2. The van der Waals surface area contributed by atoms with E-state index in [0.29, 0.717) is 11.3 Å². The van der Waals surface area contributed by atoms with Crippen LogP contribution in [-0.4, -0.2) is 13.1 Å². The molecule has 0 N–H and O–H groups in total. The SMILES string of the molecule is COP1OC(=O)c2cc3ccccc3cc2O1. The Labute approximate surface area is 99.1 Å². The van der Waals surface area contributed by atoms with Crippen LogP contribution < -0.4 is 4.52 Å². The van der Waals surface area contributed by atoms with Crippen molar-refractivity contribution < 1.29 is 18.4 Å². The lowest BCUT2D eigenvalue weighted by molar-refractivity contribution is 0.0684. The standard InChI is InChI=1S/C12H9O4P/c1-14-17-15-11-7-9-5-3-2-4-8(9)6-10(11)12(13)16-17/h2-7H,1H3. The lowest BCUT2D eigenvalue weighted by Gasteiger charge is -2.21. The van der Waals surface area contributed by atoms with Crippen molar-refractivity contribution in [2.45, 2.75) is 0 Å². The molecule has 0 amide bonds. The van der Waals surface area contributed by atoms with Gasteiger partial charge >= 0.3 is 14.6 Å². The second-order valence-corrected chi connectivity index (χ2v) is 4.75. The molecule has 0 fully saturated rings. The molecule has 1 aliphatic rings. The van der Waals surface area contributed by atoms with Gasteiger partial charge in [0, 0.05) is 7.11 Å². The first kappa shape index (κ1) is 10.5. The summed E-state index contributed by atoms with van der Waals surface area (Å²) < 4.78 is 15.4. The summed E-state index contributed by atoms with van der Waals surface area (Å²) in [5.41, 5.74) is 0.444. The van der Waals surface area contributed by atoms with E-state index in [4.69, 9.17) is 13.6 Å². The fourth-order valence-corrected chi connectivity index (χ4v) is 2.48. The van der Waals surface area contributed by atoms with E-state index >= 15 is 0 Å². The third-order valence-corrected chi connectivity index (χ3v) is 3.51. The minimum atomic E-state index is -1.60. The highest BCUT2D eigenvalue weighted by Crippen LogP contribution is 2.47. The van der Waals surface area contributed by atoms with E-state index in [2.05, 4.69) is 0 Å². The van der Waals surface area contributed by atoms with Gasteiger partial charge in [-0.1, -0.05) is 24.3 Å². The number of rotatable bonds is 1. The molecule has 0 aromatic heterocycles. The van der Waals surface area contributed by atoms with Crippen LogP contribution >= 0.6 is 8.60 Å².